The van der Waals surface area contributed by atoms with Gasteiger partial charge in [0.1, 0.15) is 11.6 Å². The molecule has 0 saturated carbocycles. The molecule has 0 radical (unpaired) electrons. The quantitative estimate of drug-likeness (QED) is 0.263. The summed E-state index contributed by atoms with van der Waals surface area (Å²) in [7, 11) is 0. The zero-order valence-electron chi connectivity index (χ0n) is 20.1. The third kappa shape index (κ3) is 4.67. The molecule has 1 saturated heterocycles. The second-order valence-electron chi connectivity index (χ2n) is 8.88. The number of benzene rings is 3. The number of halogens is 2. The van der Waals surface area contributed by atoms with E-state index in [1.807, 2.05) is 30.3 Å². The molecule has 0 aliphatic carbocycles. The number of carbonyl (C=O) groups excluding carboxylic acids is 1. The summed E-state index contributed by atoms with van der Waals surface area (Å²) in [6, 6.07) is 20.9. The highest BCUT2D eigenvalue weighted by molar-refractivity contribution is 5.97. The van der Waals surface area contributed by atoms with E-state index >= 15 is 0 Å². The van der Waals surface area contributed by atoms with Gasteiger partial charge in [0.2, 0.25) is 0 Å². The summed E-state index contributed by atoms with van der Waals surface area (Å²) in [4.78, 5) is 27.9. The lowest BCUT2D eigenvalue weighted by Crippen LogP contribution is -2.48. The molecule has 1 fully saturated rings. The molecule has 3 aromatic carbocycles. The fourth-order valence-electron chi connectivity index (χ4n) is 4.74. The maximum Gasteiger partial charge on any atom is 0.269 e. The minimum atomic E-state index is -0.716. The molecule has 4 aromatic rings. The molecule has 0 spiro atoms. The molecule has 37 heavy (non-hydrogen) atoms. The Kier molecular flexibility index (Phi) is 6.43. The van der Waals surface area contributed by atoms with Crippen LogP contribution in [-0.2, 0) is 0 Å². The summed E-state index contributed by atoms with van der Waals surface area (Å²) in [6.45, 7) is 3.83. The number of hydrogen-bond donors (Lipinski definition) is 0. The lowest BCUT2D eigenvalue weighted by molar-refractivity contribution is -0.384. The second-order valence-corrected chi connectivity index (χ2v) is 8.88. The second kappa shape index (κ2) is 9.85. The molecule has 2 heterocycles. The smallest absolute Gasteiger partial charge is 0.269 e. The van der Waals surface area contributed by atoms with Crippen LogP contribution in [0.2, 0.25) is 0 Å². The third-order valence-corrected chi connectivity index (χ3v) is 6.69. The van der Waals surface area contributed by atoms with E-state index in [0.717, 1.165) is 17.3 Å². The maximum absolute atomic E-state index is 14.9. The molecule has 7 nitrogen and oxygen atoms in total. The fourth-order valence-corrected chi connectivity index (χ4v) is 4.74. The van der Waals surface area contributed by atoms with Crippen LogP contribution in [0.3, 0.4) is 0 Å². The molecule has 9 heteroatoms. The highest BCUT2D eigenvalue weighted by Crippen LogP contribution is 2.32. The van der Waals surface area contributed by atoms with E-state index in [9.17, 15) is 23.7 Å². The standard InChI is InChI=1S/C28H24F2N4O3/c1-19-24(28(35)32-15-13-31(14-16-32)22-8-10-23(11-9-22)34(36)37)18-27(20-5-3-2-4-6-20)33(19)26-12-7-21(29)17-25(26)30/h2-12,17-18H,13-16H2,1H3. The van der Waals surface area contributed by atoms with Gasteiger partial charge >= 0.3 is 0 Å². The lowest BCUT2D eigenvalue weighted by atomic mass is 10.1. The number of nitro groups is 1. The predicted octanol–water partition coefficient (Wildman–Crippen LogP) is 5.60. The van der Waals surface area contributed by atoms with Gasteiger partial charge in [0.25, 0.3) is 11.6 Å². The Bertz CT molecular complexity index is 1460. The molecule has 1 aliphatic rings. The zero-order valence-corrected chi connectivity index (χ0v) is 20.1. The summed E-state index contributed by atoms with van der Waals surface area (Å²) < 4.78 is 30.1. The number of nitro benzene ring substituents is 1. The van der Waals surface area contributed by atoms with E-state index in [4.69, 9.17) is 0 Å². The van der Waals surface area contributed by atoms with E-state index < -0.39 is 16.6 Å². The van der Waals surface area contributed by atoms with Crippen LogP contribution in [0.15, 0.2) is 78.9 Å². The van der Waals surface area contributed by atoms with Crippen molar-refractivity contribution in [3.8, 4) is 16.9 Å². The minimum absolute atomic E-state index is 0.0318. The highest BCUT2D eigenvalue weighted by Gasteiger charge is 2.27. The summed E-state index contributed by atoms with van der Waals surface area (Å²) in [6.07, 6.45) is 0. The first-order valence-electron chi connectivity index (χ1n) is 11.9. The Morgan fingerprint density at radius 3 is 2.19 bits per heavy atom. The first-order valence-corrected chi connectivity index (χ1v) is 11.9. The van der Waals surface area contributed by atoms with Crippen molar-refractivity contribution < 1.29 is 18.5 Å². The molecule has 0 N–H and O–H groups in total. The van der Waals surface area contributed by atoms with Crippen molar-refractivity contribution in [3.63, 3.8) is 0 Å². The van der Waals surface area contributed by atoms with Crippen molar-refractivity contribution in [3.05, 3.63) is 112 Å². The van der Waals surface area contributed by atoms with Gasteiger partial charge in [-0.05, 0) is 42.8 Å². The van der Waals surface area contributed by atoms with Gasteiger partial charge in [-0.15, -0.1) is 0 Å². The molecule has 1 aromatic heterocycles. The zero-order chi connectivity index (χ0) is 26.1. The minimum Gasteiger partial charge on any atom is -0.368 e. The van der Waals surface area contributed by atoms with Gasteiger partial charge in [0.05, 0.1) is 21.9 Å². The largest absolute Gasteiger partial charge is 0.368 e. The highest BCUT2D eigenvalue weighted by atomic mass is 19.1. The van der Waals surface area contributed by atoms with Crippen LogP contribution in [0.5, 0.6) is 0 Å². The number of nitrogens with zero attached hydrogens (tertiary/aromatic N) is 4. The average molecular weight is 503 g/mol. The van der Waals surface area contributed by atoms with Crippen molar-refractivity contribution in [2.45, 2.75) is 6.92 Å². The number of non-ortho nitro benzene ring substituents is 1. The Balaban J connectivity index is 1.43. The number of anilines is 1. The van der Waals surface area contributed by atoms with E-state index in [1.165, 1.54) is 24.3 Å². The number of rotatable bonds is 5. The van der Waals surface area contributed by atoms with E-state index in [1.54, 1.807) is 34.6 Å². The number of carbonyl (C=O) groups is 1. The molecule has 1 aliphatic heterocycles. The third-order valence-electron chi connectivity index (χ3n) is 6.69. The Morgan fingerprint density at radius 2 is 1.57 bits per heavy atom. The Morgan fingerprint density at radius 1 is 0.892 bits per heavy atom. The fraction of sp³-hybridized carbons (Fsp3) is 0.179. The lowest BCUT2D eigenvalue weighted by Gasteiger charge is -2.36. The summed E-state index contributed by atoms with van der Waals surface area (Å²) >= 11 is 0. The summed E-state index contributed by atoms with van der Waals surface area (Å²) in [5.41, 5.74) is 3.51. The van der Waals surface area contributed by atoms with Gasteiger partial charge in [0.15, 0.2) is 0 Å². The molecule has 0 unspecified atom stereocenters. The number of aromatic nitrogens is 1. The summed E-state index contributed by atoms with van der Waals surface area (Å²) in [5.74, 6) is -1.56. The van der Waals surface area contributed by atoms with Gasteiger partial charge in [-0.2, -0.15) is 0 Å². The van der Waals surface area contributed by atoms with Crippen molar-refractivity contribution in [1.29, 1.82) is 0 Å². The molecular weight excluding hydrogens is 478 g/mol. The molecule has 0 atom stereocenters. The van der Waals surface area contributed by atoms with E-state index in [2.05, 4.69) is 4.90 Å². The van der Waals surface area contributed by atoms with Crippen molar-refractivity contribution in [2.75, 3.05) is 31.1 Å². The van der Waals surface area contributed by atoms with Gasteiger partial charge in [-0.1, -0.05) is 30.3 Å². The number of amides is 1. The van der Waals surface area contributed by atoms with Crippen LogP contribution in [0.25, 0.3) is 16.9 Å². The van der Waals surface area contributed by atoms with Gasteiger partial charge in [0, 0.05) is 55.8 Å². The molecule has 188 valence electrons. The molecular formula is C28H24F2N4O3. The van der Waals surface area contributed by atoms with Crippen molar-refractivity contribution in [1.82, 2.24) is 9.47 Å². The molecule has 1 amide bonds. The van der Waals surface area contributed by atoms with E-state index in [0.29, 0.717) is 43.1 Å². The predicted molar refractivity (Wildman–Crippen MR) is 137 cm³/mol. The van der Waals surface area contributed by atoms with Crippen LogP contribution in [-0.4, -0.2) is 46.5 Å². The Hall–Kier alpha value is -4.53. The first kappa shape index (κ1) is 24.2. The number of hydrogen-bond acceptors (Lipinski definition) is 4. The van der Waals surface area contributed by atoms with Gasteiger partial charge in [-0.3, -0.25) is 14.9 Å². The van der Waals surface area contributed by atoms with Crippen LogP contribution in [0, 0.1) is 28.7 Å². The van der Waals surface area contributed by atoms with Crippen LogP contribution in [0.1, 0.15) is 16.1 Å². The molecule has 5 rings (SSSR count). The van der Waals surface area contributed by atoms with E-state index in [-0.39, 0.29) is 17.3 Å². The topological polar surface area (TPSA) is 71.6 Å². The monoisotopic (exact) mass is 502 g/mol. The summed E-state index contributed by atoms with van der Waals surface area (Å²) in [5, 5.41) is 10.9. The van der Waals surface area contributed by atoms with Crippen LogP contribution >= 0.6 is 0 Å². The first-order chi connectivity index (χ1) is 17.8. The number of piperazine rings is 1. The normalized spacial score (nSPS) is 13.6. The molecule has 0 bridgehead atoms. The van der Waals surface area contributed by atoms with Gasteiger partial charge in [-0.25, -0.2) is 8.78 Å². The SMILES string of the molecule is Cc1c(C(=O)N2CCN(c3ccc([N+](=O)[O-])cc3)CC2)cc(-c2ccccc2)n1-c1ccc(F)cc1F. The van der Waals surface area contributed by atoms with Gasteiger partial charge < -0.3 is 14.4 Å². The van der Waals surface area contributed by atoms with Crippen molar-refractivity contribution in [2.24, 2.45) is 0 Å². The van der Waals surface area contributed by atoms with Crippen LogP contribution in [0.4, 0.5) is 20.2 Å². The maximum atomic E-state index is 14.9. The van der Waals surface area contributed by atoms with Crippen LogP contribution < -0.4 is 4.90 Å². The Labute approximate surface area is 212 Å². The van der Waals surface area contributed by atoms with Crippen molar-refractivity contribution >= 4 is 17.3 Å². The average Bonchev–Trinajstić information content (AvgIpc) is 3.25.